The fraction of sp³-hybridized carbons (Fsp3) is 0.286. The van der Waals surface area contributed by atoms with Gasteiger partial charge in [0.15, 0.2) is 0 Å². The average Bonchev–Trinajstić information content (AvgIpc) is 2.63. The van der Waals surface area contributed by atoms with Crippen LogP contribution in [0.1, 0.15) is 24.0 Å². The zero-order chi connectivity index (χ0) is 18.6. The van der Waals surface area contributed by atoms with Gasteiger partial charge < -0.3 is 4.90 Å². The van der Waals surface area contributed by atoms with Gasteiger partial charge in [0.1, 0.15) is 6.04 Å². The first-order valence-electron chi connectivity index (χ1n) is 8.42. The lowest BCUT2D eigenvalue weighted by molar-refractivity contribution is -0.197. The molecule has 1 aliphatic rings. The van der Waals surface area contributed by atoms with E-state index in [1.165, 1.54) is 4.90 Å². The molecule has 1 amide bonds. The van der Waals surface area contributed by atoms with Gasteiger partial charge in [0.25, 0.3) is 0 Å². The summed E-state index contributed by atoms with van der Waals surface area (Å²) in [6.45, 7) is 0.125. The SMILES string of the molecule is O=C1CC[C@@H](C(F)(F)F)[C@H](C#Cc2ccccc2)N1Cc1ccccc1. The number of likely N-dealkylation sites (tertiary alicyclic amines) is 1. The van der Waals surface area contributed by atoms with Crippen molar-refractivity contribution in [3.63, 3.8) is 0 Å². The van der Waals surface area contributed by atoms with Crippen LogP contribution in [0.25, 0.3) is 0 Å². The molecule has 0 saturated carbocycles. The van der Waals surface area contributed by atoms with E-state index in [0.29, 0.717) is 5.56 Å². The number of carbonyl (C=O) groups excluding carboxylic acids is 1. The molecule has 0 unspecified atom stereocenters. The minimum Gasteiger partial charge on any atom is -0.324 e. The summed E-state index contributed by atoms with van der Waals surface area (Å²) in [5.74, 6) is 3.61. The van der Waals surface area contributed by atoms with Crippen molar-refractivity contribution in [3.05, 3.63) is 71.8 Å². The highest BCUT2D eigenvalue weighted by atomic mass is 19.4. The zero-order valence-corrected chi connectivity index (χ0v) is 14.0. The van der Waals surface area contributed by atoms with Crippen LogP contribution in [-0.2, 0) is 11.3 Å². The Morgan fingerprint density at radius 1 is 1.00 bits per heavy atom. The van der Waals surface area contributed by atoms with E-state index >= 15 is 0 Å². The highest BCUT2D eigenvalue weighted by Crippen LogP contribution is 2.38. The van der Waals surface area contributed by atoms with E-state index in [1.807, 2.05) is 12.1 Å². The van der Waals surface area contributed by atoms with Gasteiger partial charge in [-0.3, -0.25) is 4.79 Å². The molecule has 1 fully saturated rings. The van der Waals surface area contributed by atoms with Gasteiger partial charge in [0, 0.05) is 18.5 Å². The van der Waals surface area contributed by atoms with E-state index in [2.05, 4.69) is 11.8 Å². The first-order valence-corrected chi connectivity index (χ1v) is 8.42. The number of piperidine rings is 1. The van der Waals surface area contributed by atoms with E-state index in [9.17, 15) is 18.0 Å². The number of benzene rings is 2. The van der Waals surface area contributed by atoms with Crippen molar-refractivity contribution in [1.29, 1.82) is 0 Å². The molecule has 0 bridgehead atoms. The maximum atomic E-state index is 13.6. The molecule has 2 aromatic carbocycles. The summed E-state index contributed by atoms with van der Waals surface area (Å²) in [6, 6.07) is 16.7. The Kier molecular flexibility index (Phi) is 5.32. The summed E-state index contributed by atoms with van der Waals surface area (Å²) in [7, 11) is 0. The van der Waals surface area contributed by atoms with Gasteiger partial charge in [-0.25, -0.2) is 0 Å². The van der Waals surface area contributed by atoms with Crippen molar-refractivity contribution in [2.45, 2.75) is 31.6 Å². The predicted molar refractivity (Wildman–Crippen MR) is 92.9 cm³/mol. The van der Waals surface area contributed by atoms with E-state index in [4.69, 9.17) is 0 Å². The van der Waals surface area contributed by atoms with Crippen LogP contribution in [0.5, 0.6) is 0 Å². The first kappa shape index (κ1) is 18.1. The van der Waals surface area contributed by atoms with E-state index in [1.54, 1.807) is 48.5 Å². The van der Waals surface area contributed by atoms with Gasteiger partial charge >= 0.3 is 6.18 Å². The molecule has 26 heavy (non-hydrogen) atoms. The molecule has 5 heteroatoms. The number of alkyl halides is 3. The molecule has 0 N–H and O–H groups in total. The maximum absolute atomic E-state index is 13.6. The molecular formula is C21H18F3NO. The molecule has 0 spiro atoms. The molecule has 2 nitrogen and oxygen atoms in total. The van der Waals surface area contributed by atoms with Crippen LogP contribution >= 0.6 is 0 Å². The highest BCUT2D eigenvalue weighted by Gasteiger charge is 2.49. The third-order valence-electron chi connectivity index (χ3n) is 4.46. The zero-order valence-electron chi connectivity index (χ0n) is 14.0. The molecule has 2 aromatic rings. The molecule has 3 rings (SSSR count). The van der Waals surface area contributed by atoms with Crippen LogP contribution < -0.4 is 0 Å². The Balaban J connectivity index is 1.95. The predicted octanol–water partition coefficient (Wildman–Crippen LogP) is 4.41. The molecule has 0 aliphatic carbocycles. The van der Waals surface area contributed by atoms with E-state index in [0.717, 1.165) is 5.56 Å². The second-order valence-electron chi connectivity index (χ2n) is 6.27. The van der Waals surface area contributed by atoms with Gasteiger partial charge in [-0.1, -0.05) is 60.4 Å². The lowest BCUT2D eigenvalue weighted by Gasteiger charge is -2.39. The Bertz CT molecular complexity index is 806. The molecule has 0 aromatic heterocycles. The van der Waals surface area contributed by atoms with Crippen molar-refractivity contribution < 1.29 is 18.0 Å². The van der Waals surface area contributed by atoms with E-state index < -0.39 is 18.1 Å². The maximum Gasteiger partial charge on any atom is 0.394 e. The normalized spacial score (nSPS) is 20.4. The van der Waals surface area contributed by atoms with Crippen molar-refractivity contribution in [1.82, 2.24) is 4.90 Å². The molecule has 1 heterocycles. The van der Waals surface area contributed by atoms with Gasteiger partial charge in [0.05, 0.1) is 5.92 Å². The smallest absolute Gasteiger partial charge is 0.324 e. The topological polar surface area (TPSA) is 20.3 Å². The van der Waals surface area contributed by atoms with Gasteiger partial charge in [-0.15, -0.1) is 0 Å². The fourth-order valence-electron chi connectivity index (χ4n) is 3.12. The number of carbonyl (C=O) groups is 1. The number of hydrogen-bond donors (Lipinski definition) is 0. The lowest BCUT2D eigenvalue weighted by atomic mass is 9.87. The third-order valence-corrected chi connectivity index (χ3v) is 4.46. The van der Waals surface area contributed by atoms with Crippen molar-refractivity contribution in [2.75, 3.05) is 0 Å². The molecule has 134 valence electrons. The standard InChI is InChI=1S/C21H18F3NO/c22-21(23,24)18-12-14-20(26)25(15-17-9-5-2-6-10-17)19(18)13-11-16-7-3-1-4-8-16/h1-10,18-19H,12,14-15H2/t18-,19+/m1/s1. The number of hydrogen-bond acceptors (Lipinski definition) is 1. The van der Waals surface area contributed by atoms with Crippen LogP contribution in [0.3, 0.4) is 0 Å². The first-order chi connectivity index (χ1) is 12.4. The monoisotopic (exact) mass is 357 g/mol. The Labute approximate surface area is 150 Å². The minimum absolute atomic E-state index is 0.111. The Morgan fingerprint density at radius 2 is 1.62 bits per heavy atom. The molecular weight excluding hydrogens is 339 g/mol. The van der Waals surface area contributed by atoms with Crippen LogP contribution in [0, 0.1) is 17.8 Å². The number of rotatable bonds is 2. The van der Waals surface area contributed by atoms with Crippen LogP contribution in [0.2, 0.25) is 0 Å². The Morgan fingerprint density at radius 3 is 2.23 bits per heavy atom. The summed E-state index contributed by atoms with van der Waals surface area (Å²) in [5.41, 5.74) is 1.42. The van der Waals surface area contributed by atoms with Gasteiger partial charge in [0.2, 0.25) is 5.91 Å². The van der Waals surface area contributed by atoms with Crippen LogP contribution in [0.4, 0.5) is 13.2 Å². The number of halogens is 3. The van der Waals surface area contributed by atoms with Crippen molar-refractivity contribution >= 4 is 5.91 Å². The largest absolute Gasteiger partial charge is 0.394 e. The van der Waals surface area contributed by atoms with Crippen molar-refractivity contribution in [3.8, 4) is 11.8 Å². The summed E-state index contributed by atoms with van der Waals surface area (Å²) in [5, 5.41) is 0. The lowest BCUT2D eigenvalue weighted by Crippen LogP contribution is -2.51. The molecule has 1 aliphatic heterocycles. The average molecular weight is 357 g/mol. The Hall–Kier alpha value is -2.74. The summed E-state index contributed by atoms with van der Waals surface area (Å²) < 4.78 is 40.7. The quantitative estimate of drug-likeness (QED) is 0.729. The fourth-order valence-corrected chi connectivity index (χ4v) is 3.12. The van der Waals surface area contributed by atoms with Gasteiger partial charge in [-0.05, 0) is 24.1 Å². The minimum atomic E-state index is -4.40. The second kappa shape index (κ2) is 7.65. The van der Waals surface area contributed by atoms with Crippen LogP contribution in [-0.4, -0.2) is 23.0 Å². The van der Waals surface area contributed by atoms with E-state index in [-0.39, 0.29) is 25.3 Å². The van der Waals surface area contributed by atoms with Crippen molar-refractivity contribution in [2.24, 2.45) is 5.92 Å². The molecule has 1 saturated heterocycles. The summed E-state index contributed by atoms with van der Waals surface area (Å²) in [4.78, 5) is 13.7. The highest BCUT2D eigenvalue weighted by molar-refractivity contribution is 5.78. The van der Waals surface area contributed by atoms with Crippen LogP contribution in [0.15, 0.2) is 60.7 Å². The number of amides is 1. The third kappa shape index (κ3) is 4.26. The summed E-state index contributed by atoms with van der Waals surface area (Å²) in [6.07, 6.45) is -4.73. The van der Waals surface area contributed by atoms with Gasteiger partial charge in [-0.2, -0.15) is 13.2 Å². The molecule has 0 radical (unpaired) electrons. The molecule has 2 atom stereocenters. The second-order valence-corrected chi connectivity index (χ2v) is 6.27. The summed E-state index contributed by atoms with van der Waals surface area (Å²) >= 11 is 0. The number of nitrogens with zero attached hydrogens (tertiary/aromatic N) is 1.